The van der Waals surface area contributed by atoms with Crippen LogP contribution in [-0.4, -0.2) is 49.3 Å². The van der Waals surface area contributed by atoms with Gasteiger partial charge in [0, 0.05) is 0 Å². The topological polar surface area (TPSA) is 37.3 Å². The van der Waals surface area contributed by atoms with Gasteiger partial charge in [0.2, 0.25) is 0 Å². The standard InChI is InChI=1S/CHO2.Ca.H/c2-1-3;;/h(H,2,3);;/q-1;+2;-1. The molecule has 0 amide bonds. The van der Waals surface area contributed by atoms with Crippen LogP contribution in [0.2, 0.25) is 0 Å². The van der Waals surface area contributed by atoms with Crippen LogP contribution in [0.15, 0.2) is 0 Å². The van der Waals surface area contributed by atoms with Crippen LogP contribution in [0, 0.1) is 0 Å². The monoisotopic (exact) mass is 86.0 g/mol. The largest absolute Gasteiger partial charge is 2.00 e. The molecule has 0 aromatic rings. The number of hydrogen-bond donors (Lipinski definition) is 1. The Bertz CT molecular complexity index is 17.1. The Morgan fingerprint density at radius 2 is 2.00 bits per heavy atom. The first-order chi connectivity index (χ1) is 1.41. The molecule has 0 fully saturated rings. The molecule has 2 nitrogen and oxygen atoms in total. The predicted octanol–water partition coefficient (Wildman–Crippen LogP) is -0.657. The molecule has 0 aliphatic rings. The van der Waals surface area contributed by atoms with Gasteiger partial charge in [-0.05, 0) is 0 Å². The van der Waals surface area contributed by atoms with Crippen LogP contribution in [-0.2, 0) is 4.79 Å². The van der Waals surface area contributed by atoms with E-state index in [0.29, 0.717) is 6.47 Å². The van der Waals surface area contributed by atoms with Crippen LogP contribution in [0.5, 0.6) is 0 Å². The molecule has 3 heteroatoms. The van der Waals surface area contributed by atoms with E-state index in [1.807, 2.05) is 0 Å². The Hall–Kier alpha value is 0.730. The molecule has 0 saturated heterocycles. The SMILES string of the molecule is O=[C-]O.[Ca+2].[H-]. The molecule has 0 heterocycles. The van der Waals surface area contributed by atoms with Crippen LogP contribution in [0.25, 0.3) is 0 Å². The van der Waals surface area contributed by atoms with Crippen molar-refractivity contribution in [3.63, 3.8) is 0 Å². The van der Waals surface area contributed by atoms with E-state index in [1.165, 1.54) is 0 Å². The quantitative estimate of drug-likeness (QED) is 0.314. The van der Waals surface area contributed by atoms with E-state index in [1.54, 1.807) is 0 Å². The number of rotatable bonds is 0. The van der Waals surface area contributed by atoms with Crippen molar-refractivity contribution in [1.29, 1.82) is 0 Å². The Morgan fingerprint density at radius 3 is 2.00 bits per heavy atom. The van der Waals surface area contributed by atoms with E-state index < -0.39 is 0 Å². The molecule has 20 valence electrons. The maximum absolute atomic E-state index is 8.24. The van der Waals surface area contributed by atoms with Crippen LogP contribution in [0.4, 0.5) is 0 Å². The molecular weight excluding hydrogens is 84.1 g/mol. The Kier molecular flexibility index (Phi) is 20.5. The van der Waals surface area contributed by atoms with Gasteiger partial charge >= 0.3 is 37.7 Å². The molecule has 0 aliphatic heterocycles. The van der Waals surface area contributed by atoms with Crippen LogP contribution in [0.3, 0.4) is 0 Å². The minimum absolute atomic E-state index is 0. The van der Waals surface area contributed by atoms with Gasteiger partial charge in [0.15, 0.2) is 0 Å². The van der Waals surface area contributed by atoms with Crippen molar-refractivity contribution < 1.29 is 11.3 Å². The summed E-state index contributed by atoms with van der Waals surface area (Å²) in [5.41, 5.74) is 0. The molecule has 1 N–H and O–H groups in total. The van der Waals surface area contributed by atoms with Gasteiger partial charge < -0.3 is 11.3 Å². The van der Waals surface area contributed by atoms with Gasteiger partial charge in [0.1, 0.15) is 0 Å². The average Bonchev–Trinajstić information content (AvgIpc) is 0.918. The van der Waals surface area contributed by atoms with Crippen molar-refractivity contribution in [3.05, 3.63) is 0 Å². The van der Waals surface area contributed by atoms with E-state index in [2.05, 4.69) is 0 Å². The molecular formula is CH2CaO2. The third-order valence-corrected chi connectivity index (χ3v) is 0. The first-order valence-electron chi connectivity index (χ1n) is 0.428. The molecule has 0 unspecified atom stereocenters. The van der Waals surface area contributed by atoms with Crippen molar-refractivity contribution in [2.45, 2.75) is 0 Å². The summed E-state index contributed by atoms with van der Waals surface area (Å²) >= 11 is 0. The smallest absolute Gasteiger partial charge is 1.00 e. The summed E-state index contributed by atoms with van der Waals surface area (Å²) in [5.74, 6) is 0. The maximum atomic E-state index is 8.24. The molecule has 0 aromatic carbocycles. The van der Waals surface area contributed by atoms with Gasteiger partial charge in [-0.25, -0.2) is 0 Å². The average molecular weight is 86.1 g/mol. The van der Waals surface area contributed by atoms with Crippen molar-refractivity contribution in [2.24, 2.45) is 0 Å². The summed E-state index contributed by atoms with van der Waals surface area (Å²) in [4.78, 5) is 8.24. The molecule has 0 saturated carbocycles. The van der Waals surface area contributed by atoms with Crippen LogP contribution >= 0.6 is 0 Å². The fraction of sp³-hybridized carbons (Fsp3) is 0. The summed E-state index contributed by atoms with van der Waals surface area (Å²) in [5, 5.41) is 6.76. The second-order valence-electron chi connectivity index (χ2n) is 0.0913. The third kappa shape index (κ3) is 15.3. The van der Waals surface area contributed by atoms with E-state index in [0.717, 1.165) is 0 Å². The van der Waals surface area contributed by atoms with Gasteiger partial charge in [0.05, 0.1) is 0 Å². The summed E-state index contributed by atoms with van der Waals surface area (Å²) in [6, 6.07) is 0. The molecule has 0 aliphatic carbocycles. The molecule has 0 radical (unpaired) electrons. The Morgan fingerprint density at radius 1 is 2.00 bits per heavy atom. The minimum Gasteiger partial charge on any atom is -1.00 e. The number of aliphatic hydroxyl groups excluding tert-OH is 1. The normalized spacial score (nSPS) is 3.00. The van der Waals surface area contributed by atoms with E-state index in [-0.39, 0.29) is 39.2 Å². The number of hydrogen-bond acceptors (Lipinski definition) is 1. The fourth-order valence-corrected chi connectivity index (χ4v) is 0. The first kappa shape index (κ1) is 8.83. The van der Waals surface area contributed by atoms with Crippen LogP contribution < -0.4 is 0 Å². The summed E-state index contributed by atoms with van der Waals surface area (Å²) in [6.45, 7) is 0.500. The Balaban J connectivity index is -0.0000000200. The van der Waals surface area contributed by atoms with Gasteiger partial charge in [-0.1, -0.05) is 6.47 Å². The summed E-state index contributed by atoms with van der Waals surface area (Å²) in [7, 11) is 0. The van der Waals surface area contributed by atoms with Crippen molar-refractivity contribution in [3.8, 4) is 0 Å². The van der Waals surface area contributed by atoms with Crippen molar-refractivity contribution in [1.82, 2.24) is 0 Å². The van der Waals surface area contributed by atoms with E-state index >= 15 is 0 Å². The molecule has 0 aromatic heterocycles. The predicted molar refractivity (Wildman–Crippen MR) is 15.2 cm³/mol. The molecule has 0 spiro atoms. The zero-order valence-corrected chi connectivity index (χ0v) is 4.27. The second kappa shape index (κ2) is 9.29. The third-order valence-electron chi connectivity index (χ3n) is 0. The van der Waals surface area contributed by atoms with Gasteiger partial charge in [-0.15, -0.1) is 0 Å². The van der Waals surface area contributed by atoms with Gasteiger partial charge in [-0.3, -0.25) is 0 Å². The van der Waals surface area contributed by atoms with E-state index in [9.17, 15) is 0 Å². The van der Waals surface area contributed by atoms with Crippen molar-refractivity contribution >= 4 is 44.2 Å². The maximum Gasteiger partial charge on any atom is 2.00 e. The molecule has 0 rings (SSSR count). The van der Waals surface area contributed by atoms with E-state index in [4.69, 9.17) is 9.90 Å². The zero-order chi connectivity index (χ0) is 2.71. The van der Waals surface area contributed by atoms with Gasteiger partial charge in [-0.2, -0.15) is 0 Å². The molecule has 0 bridgehead atoms. The van der Waals surface area contributed by atoms with Crippen LogP contribution in [0.1, 0.15) is 1.43 Å². The zero-order valence-electron chi connectivity index (χ0n) is 3.06. The van der Waals surface area contributed by atoms with Crippen molar-refractivity contribution in [2.75, 3.05) is 0 Å². The minimum atomic E-state index is 0. The summed E-state index contributed by atoms with van der Waals surface area (Å²) < 4.78 is 0. The fourth-order valence-electron chi connectivity index (χ4n) is 0. The van der Waals surface area contributed by atoms with Gasteiger partial charge in [0.25, 0.3) is 0 Å². The first-order valence-corrected chi connectivity index (χ1v) is 0.428. The summed E-state index contributed by atoms with van der Waals surface area (Å²) in [6.07, 6.45) is 0. The second-order valence-corrected chi connectivity index (χ2v) is 0.0913. The molecule has 4 heavy (non-hydrogen) atoms. The Labute approximate surface area is 55.3 Å². The molecule has 0 atom stereocenters.